The van der Waals surface area contributed by atoms with E-state index in [1.54, 1.807) is 0 Å². The largest absolute Gasteiger partial charge is 0.368 e. The van der Waals surface area contributed by atoms with Crippen molar-refractivity contribution in [2.45, 2.75) is 70.5 Å². The molecule has 8 nitrogen and oxygen atoms in total. The van der Waals surface area contributed by atoms with Crippen LogP contribution in [0.1, 0.15) is 65.6 Å². The Labute approximate surface area is 243 Å². The molecule has 2 amide bonds. The first-order chi connectivity index (χ1) is 19.3. The molecular weight excluding hydrogens is 520 g/mol. The zero-order chi connectivity index (χ0) is 29.0. The molecule has 2 aromatic rings. The van der Waals surface area contributed by atoms with E-state index in [4.69, 9.17) is 5.73 Å². The highest BCUT2D eigenvalue weighted by atomic mass is 32.2. The van der Waals surface area contributed by atoms with Crippen molar-refractivity contribution in [2.24, 2.45) is 5.73 Å². The Balaban J connectivity index is 1.79. The molecule has 1 fully saturated rings. The van der Waals surface area contributed by atoms with E-state index >= 15 is 0 Å². The third kappa shape index (κ3) is 7.95. The van der Waals surface area contributed by atoms with Gasteiger partial charge in [-0.1, -0.05) is 73.7 Å². The normalized spacial score (nSPS) is 16.4. The fraction of sp³-hybridized carbons (Fsp3) is 0.484. The molecule has 3 rings (SSSR count). The van der Waals surface area contributed by atoms with Crippen LogP contribution in [0.25, 0.3) is 11.3 Å². The van der Waals surface area contributed by atoms with Crippen molar-refractivity contribution in [1.82, 2.24) is 24.6 Å². The van der Waals surface area contributed by atoms with Gasteiger partial charge in [-0.15, -0.1) is 10.2 Å². The second kappa shape index (κ2) is 15.6. The minimum absolute atomic E-state index is 0.00257. The average molecular weight is 565 g/mol. The van der Waals surface area contributed by atoms with Crippen LogP contribution in [-0.2, 0) is 9.59 Å². The smallest absolute Gasteiger partial charge is 0.237 e. The van der Waals surface area contributed by atoms with E-state index in [0.29, 0.717) is 30.5 Å². The van der Waals surface area contributed by atoms with Crippen LogP contribution in [-0.4, -0.2) is 73.8 Å². The lowest BCUT2D eigenvalue weighted by Crippen LogP contribution is -2.58. The Hall–Kier alpha value is -3.17. The molecule has 0 radical (unpaired) electrons. The number of carbonyl (C=O) groups excluding carboxylic acids is 2. The van der Waals surface area contributed by atoms with E-state index in [2.05, 4.69) is 28.1 Å². The summed E-state index contributed by atoms with van der Waals surface area (Å²) in [5, 5.41) is 9.67. The maximum Gasteiger partial charge on any atom is 0.237 e. The summed E-state index contributed by atoms with van der Waals surface area (Å²) >= 11 is 1.37. The number of hydrogen-bond donors (Lipinski definition) is 1. The SMILES string of the molecule is C\C=C/C(=C\C=C\CC)c1nnc(SCC(=O)N(CC)CCC(C)(C(N)=O)N2CCCCC2)n1-c1ccccc1. The topological polar surface area (TPSA) is 97.3 Å². The molecule has 2 heterocycles. The highest BCUT2D eigenvalue weighted by molar-refractivity contribution is 7.99. The molecule has 1 saturated heterocycles. The number of primary amides is 1. The van der Waals surface area contributed by atoms with Gasteiger partial charge in [-0.3, -0.25) is 19.1 Å². The van der Waals surface area contributed by atoms with Crippen molar-refractivity contribution >= 4 is 29.1 Å². The third-order valence-electron chi connectivity index (χ3n) is 7.41. The molecule has 216 valence electrons. The summed E-state index contributed by atoms with van der Waals surface area (Å²) in [6.07, 6.45) is 14.9. The molecule has 9 heteroatoms. The van der Waals surface area contributed by atoms with Crippen molar-refractivity contribution in [1.29, 1.82) is 0 Å². The summed E-state index contributed by atoms with van der Waals surface area (Å²) in [5.41, 5.74) is 6.98. The number of likely N-dealkylation sites (tertiary alicyclic amines) is 1. The number of rotatable bonds is 14. The lowest BCUT2D eigenvalue weighted by atomic mass is 9.91. The van der Waals surface area contributed by atoms with Gasteiger partial charge in [-0.2, -0.15) is 0 Å². The first kappa shape index (κ1) is 31.4. The number of carbonyl (C=O) groups is 2. The van der Waals surface area contributed by atoms with Gasteiger partial charge in [0.2, 0.25) is 11.8 Å². The van der Waals surface area contributed by atoms with Gasteiger partial charge in [-0.05, 0) is 71.7 Å². The number of benzene rings is 1. The van der Waals surface area contributed by atoms with Crippen LogP contribution in [0.5, 0.6) is 0 Å². The van der Waals surface area contributed by atoms with Crippen molar-refractivity contribution in [3.8, 4) is 5.69 Å². The van der Waals surface area contributed by atoms with Crippen molar-refractivity contribution in [3.05, 3.63) is 66.5 Å². The average Bonchev–Trinajstić information content (AvgIpc) is 3.40. The Morgan fingerprint density at radius 1 is 1.12 bits per heavy atom. The van der Waals surface area contributed by atoms with Crippen LogP contribution in [0, 0.1) is 0 Å². The Morgan fingerprint density at radius 2 is 1.85 bits per heavy atom. The molecule has 1 aliphatic heterocycles. The summed E-state index contributed by atoms with van der Waals surface area (Å²) in [5.74, 6) is 0.603. The number of aromatic nitrogens is 3. The maximum atomic E-state index is 13.4. The number of nitrogens with two attached hydrogens (primary N) is 1. The summed E-state index contributed by atoms with van der Waals surface area (Å²) in [4.78, 5) is 29.9. The number of amides is 2. The number of piperidine rings is 1. The van der Waals surface area contributed by atoms with E-state index in [1.165, 1.54) is 18.2 Å². The van der Waals surface area contributed by atoms with Gasteiger partial charge in [0.25, 0.3) is 0 Å². The van der Waals surface area contributed by atoms with Crippen molar-refractivity contribution in [3.63, 3.8) is 0 Å². The van der Waals surface area contributed by atoms with Crippen LogP contribution in [0.3, 0.4) is 0 Å². The van der Waals surface area contributed by atoms with Crippen LogP contribution in [0.2, 0.25) is 0 Å². The zero-order valence-corrected chi connectivity index (χ0v) is 25.2. The highest BCUT2D eigenvalue weighted by Crippen LogP contribution is 2.28. The van der Waals surface area contributed by atoms with Gasteiger partial charge in [0.1, 0.15) is 0 Å². The molecule has 1 aromatic carbocycles. The standard InChI is InChI=1S/C31H44N6O2S/c1-5-8-11-17-25(16-6-2)28-33-34-30(37(28)26-18-12-9-13-19-26)40-24-27(38)35(7-3)23-20-31(4,29(32)39)36-21-14-10-15-22-36/h6,8-9,11-13,16-19H,5,7,10,14-15,20-24H2,1-4H3,(H2,32,39)/b11-8+,16-6-,25-17+. The minimum Gasteiger partial charge on any atom is -0.368 e. The quantitative estimate of drug-likeness (QED) is 0.249. The molecule has 1 aromatic heterocycles. The second-order valence-electron chi connectivity index (χ2n) is 10.1. The first-order valence-corrected chi connectivity index (χ1v) is 15.3. The molecule has 40 heavy (non-hydrogen) atoms. The van der Waals surface area contributed by atoms with Gasteiger partial charge in [-0.25, -0.2) is 0 Å². The van der Waals surface area contributed by atoms with Crippen LogP contribution in [0.4, 0.5) is 0 Å². The van der Waals surface area contributed by atoms with Crippen LogP contribution < -0.4 is 5.73 Å². The van der Waals surface area contributed by atoms with Gasteiger partial charge in [0.15, 0.2) is 11.0 Å². The predicted molar refractivity (Wildman–Crippen MR) is 164 cm³/mol. The summed E-state index contributed by atoms with van der Waals surface area (Å²) in [7, 11) is 0. The summed E-state index contributed by atoms with van der Waals surface area (Å²) < 4.78 is 2.00. The van der Waals surface area contributed by atoms with Gasteiger partial charge in [0.05, 0.1) is 11.3 Å². The predicted octanol–water partition coefficient (Wildman–Crippen LogP) is 5.25. The van der Waals surface area contributed by atoms with Gasteiger partial charge >= 0.3 is 0 Å². The fourth-order valence-corrected chi connectivity index (χ4v) is 5.76. The lowest BCUT2D eigenvalue weighted by Gasteiger charge is -2.42. The van der Waals surface area contributed by atoms with Crippen LogP contribution >= 0.6 is 11.8 Å². The molecule has 0 aliphatic carbocycles. The van der Waals surface area contributed by atoms with E-state index < -0.39 is 5.54 Å². The molecule has 0 spiro atoms. The Bertz CT molecular complexity index is 1200. The van der Waals surface area contributed by atoms with Crippen molar-refractivity contribution in [2.75, 3.05) is 31.9 Å². The van der Waals surface area contributed by atoms with Gasteiger partial charge in [0, 0.05) is 24.4 Å². The lowest BCUT2D eigenvalue weighted by molar-refractivity contribution is -0.133. The maximum absolute atomic E-state index is 13.4. The number of hydrogen-bond acceptors (Lipinski definition) is 6. The zero-order valence-electron chi connectivity index (χ0n) is 24.4. The number of thioether (sulfide) groups is 1. The molecule has 0 saturated carbocycles. The molecule has 1 atom stereocenters. The Kier molecular flexibility index (Phi) is 12.2. The third-order valence-corrected chi connectivity index (χ3v) is 8.33. The monoisotopic (exact) mass is 564 g/mol. The van der Waals surface area contributed by atoms with Crippen molar-refractivity contribution < 1.29 is 9.59 Å². The molecule has 0 bridgehead atoms. The minimum atomic E-state index is -0.759. The Morgan fingerprint density at radius 3 is 2.48 bits per heavy atom. The van der Waals surface area contributed by atoms with E-state index in [0.717, 1.165) is 43.6 Å². The molecule has 1 unspecified atom stereocenters. The van der Waals surface area contributed by atoms with E-state index in [1.807, 2.05) is 84.9 Å². The molecule has 1 aliphatic rings. The summed E-state index contributed by atoms with van der Waals surface area (Å²) in [6, 6.07) is 9.95. The van der Waals surface area contributed by atoms with Gasteiger partial charge < -0.3 is 10.6 Å². The number of nitrogens with zero attached hydrogens (tertiary/aromatic N) is 5. The number of para-hydroxylation sites is 1. The number of allylic oxidation sites excluding steroid dienone is 6. The van der Waals surface area contributed by atoms with E-state index in [9.17, 15) is 9.59 Å². The highest BCUT2D eigenvalue weighted by Gasteiger charge is 2.38. The molecule has 2 N–H and O–H groups in total. The van der Waals surface area contributed by atoms with Crippen LogP contribution in [0.15, 0.2) is 65.9 Å². The molecular formula is C31H44N6O2S. The second-order valence-corrected chi connectivity index (χ2v) is 11.1. The van der Waals surface area contributed by atoms with E-state index in [-0.39, 0.29) is 17.6 Å². The fourth-order valence-electron chi connectivity index (χ4n) is 4.91. The summed E-state index contributed by atoms with van der Waals surface area (Å²) in [6.45, 7) is 10.7. The first-order valence-electron chi connectivity index (χ1n) is 14.3.